The third kappa shape index (κ3) is 18.4. The lowest BCUT2D eigenvalue weighted by Gasteiger charge is -2.00. The Morgan fingerprint density at radius 1 is 0.727 bits per heavy atom. The van der Waals surface area contributed by atoms with Crippen LogP contribution in [0.15, 0.2) is 48.6 Å². The molecular formula is C20H32O2. The zero-order valence-electron chi connectivity index (χ0n) is 14.0. The van der Waals surface area contributed by atoms with Crippen molar-refractivity contribution in [1.29, 1.82) is 0 Å². The molecule has 0 aromatic heterocycles. The first kappa shape index (κ1) is 20.4. The fourth-order valence-corrected chi connectivity index (χ4v) is 2.14. The number of carbonyl (C=O) groups is 1. The Balaban J connectivity index is 3.35. The van der Waals surface area contributed by atoms with Crippen molar-refractivity contribution in [2.45, 2.75) is 71.1 Å². The molecule has 0 radical (unpaired) electrons. The van der Waals surface area contributed by atoms with Crippen LogP contribution in [0.2, 0.25) is 0 Å². The highest BCUT2D eigenvalue weighted by atomic mass is 16.4. The molecule has 0 aliphatic rings. The fourth-order valence-electron chi connectivity index (χ4n) is 2.14. The van der Waals surface area contributed by atoms with E-state index in [1.807, 2.05) is 18.2 Å². The van der Waals surface area contributed by atoms with E-state index in [1.54, 1.807) is 6.08 Å². The van der Waals surface area contributed by atoms with E-state index in [2.05, 4.69) is 19.1 Å². The third-order valence-electron chi connectivity index (χ3n) is 3.40. The molecule has 22 heavy (non-hydrogen) atoms. The second kappa shape index (κ2) is 17.5. The van der Waals surface area contributed by atoms with E-state index < -0.39 is 5.97 Å². The van der Waals surface area contributed by atoms with E-state index in [4.69, 9.17) is 5.11 Å². The highest BCUT2D eigenvalue weighted by molar-refractivity contribution is 5.80. The quantitative estimate of drug-likeness (QED) is 0.235. The first-order valence-corrected chi connectivity index (χ1v) is 8.67. The van der Waals surface area contributed by atoms with Crippen LogP contribution in [0, 0.1) is 0 Å². The number of hydrogen-bond donors (Lipinski definition) is 1. The van der Waals surface area contributed by atoms with Crippen LogP contribution in [0.1, 0.15) is 71.1 Å². The Bertz CT molecular complexity index is 362. The average Bonchev–Trinajstić information content (AvgIpc) is 2.50. The Hall–Kier alpha value is -1.57. The van der Waals surface area contributed by atoms with Crippen molar-refractivity contribution < 1.29 is 9.90 Å². The van der Waals surface area contributed by atoms with Gasteiger partial charge in [-0.2, -0.15) is 0 Å². The van der Waals surface area contributed by atoms with Gasteiger partial charge in [0.25, 0.3) is 0 Å². The monoisotopic (exact) mass is 304 g/mol. The summed E-state index contributed by atoms with van der Waals surface area (Å²) in [6.45, 7) is 2.26. The fraction of sp³-hybridized carbons (Fsp3) is 0.550. The molecule has 0 aromatic carbocycles. The van der Waals surface area contributed by atoms with Crippen molar-refractivity contribution >= 4 is 5.97 Å². The Labute approximate surface area is 136 Å². The van der Waals surface area contributed by atoms with Gasteiger partial charge in [0, 0.05) is 6.08 Å². The van der Waals surface area contributed by atoms with Crippen LogP contribution in [0.3, 0.4) is 0 Å². The summed E-state index contributed by atoms with van der Waals surface area (Å²) >= 11 is 0. The van der Waals surface area contributed by atoms with Gasteiger partial charge in [0.1, 0.15) is 0 Å². The minimum atomic E-state index is -0.922. The molecule has 0 saturated carbocycles. The lowest BCUT2D eigenvalue weighted by molar-refractivity contribution is -0.131. The highest BCUT2D eigenvalue weighted by Crippen LogP contribution is 2.10. The summed E-state index contributed by atoms with van der Waals surface area (Å²) in [5, 5.41) is 8.39. The summed E-state index contributed by atoms with van der Waals surface area (Å²) in [5.74, 6) is -0.922. The van der Waals surface area contributed by atoms with Crippen LogP contribution in [0.5, 0.6) is 0 Å². The highest BCUT2D eigenvalue weighted by Gasteiger charge is 1.90. The van der Waals surface area contributed by atoms with Crippen LogP contribution in [-0.4, -0.2) is 11.1 Å². The van der Waals surface area contributed by atoms with E-state index >= 15 is 0 Å². The number of aliphatic carboxylic acids is 1. The summed E-state index contributed by atoms with van der Waals surface area (Å²) < 4.78 is 0. The molecule has 0 saturated heterocycles. The lowest BCUT2D eigenvalue weighted by Crippen LogP contribution is -1.84. The predicted octanol–water partition coefficient (Wildman–Crippen LogP) is 6.22. The van der Waals surface area contributed by atoms with E-state index in [-0.39, 0.29) is 0 Å². The first-order chi connectivity index (χ1) is 10.8. The maximum absolute atomic E-state index is 10.2. The zero-order chi connectivity index (χ0) is 16.3. The molecule has 0 bridgehead atoms. The second-order valence-electron chi connectivity index (χ2n) is 5.51. The van der Waals surface area contributed by atoms with Crippen molar-refractivity contribution in [3.8, 4) is 0 Å². The summed E-state index contributed by atoms with van der Waals surface area (Å²) in [6.07, 6.45) is 27.7. The normalized spacial score (nSPS) is 12.4. The minimum Gasteiger partial charge on any atom is -0.478 e. The molecule has 0 spiro atoms. The third-order valence-corrected chi connectivity index (χ3v) is 3.40. The van der Waals surface area contributed by atoms with Gasteiger partial charge in [0.15, 0.2) is 0 Å². The summed E-state index contributed by atoms with van der Waals surface area (Å²) in [4.78, 5) is 10.2. The molecule has 0 heterocycles. The standard InChI is InChI=1S/C20H32O2/c1-2-3-4-5-6-7-8-9-10-11-12-13-14-15-16-17-18-19-20(21)22/h12-19H,2-11H2,1H3,(H,21,22)/b13-12-,15-14+,17-16-,19-18+. The van der Waals surface area contributed by atoms with Crippen LogP contribution >= 0.6 is 0 Å². The zero-order valence-corrected chi connectivity index (χ0v) is 14.0. The van der Waals surface area contributed by atoms with Crippen LogP contribution < -0.4 is 0 Å². The van der Waals surface area contributed by atoms with Crippen LogP contribution in [0.4, 0.5) is 0 Å². The molecule has 1 N–H and O–H groups in total. The van der Waals surface area contributed by atoms with Crippen molar-refractivity contribution in [3.05, 3.63) is 48.6 Å². The number of carboxylic acid groups (broad SMARTS) is 1. The van der Waals surface area contributed by atoms with E-state index in [9.17, 15) is 4.79 Å². The Morgan fingerprint density at radius 2 is 1.23 bits per heavy atom. The Morgan fingerprint density at radius 3 is 1.82 bits per heavy atom. The predicted molar refractivity (Wildman–Crippen MR) is 96.0 cm³/mol. The number of carboxylic acids is 1. The molecule has 2 heteroatoms. The molecule has 2 nitrogen and oxygen atoms in total. The molecule has 0 rings (SSSR count). The van der Waals surface area contributed by atoms with Gasteiger partial charge in [-0.1, -0.05) is 101 Å². The van der Waals surface area contributed by atoms with Crippen molar-refractivity contribution in [2.24, 2.45) is 0 Å². The van der Waals surface area contributed by atoms with Gasteiger partial charge >= 0.3 is 5.97 Å². The molecule has 0 unspecified atom stereocenters. The first-order valence-electron chi connectivity index (χ1n) is 8.67. The molecular weight excluding hydrogens is 272 g/mol. The van der Waals surface area contributed by atoms with Crippen LogP contribution in [0.25, 0.3) is 0 Å². The van der Waals surface area contributed by atoms with Crippen molar-refractivity contribution in [2.75, 3.05) is 0 Å². The van der Waals surface area contributed by atoms with Crippen molar-refractivity contribution in [1.82, 2.24) is 0 Å². The number of rotatable bonds is 14. The Kier molecular flexibility index (Phi) is 16.2. The SMILES string of the molecule is CCCCCCCCCCC\C=C/C=C/C=C\C=C\C(=O)O. The average molecular weight is 304 g/mol. The summed E-state index contributed by atoms with van der Waals surface area (Å²) in [6, 6.07) is 0. The van der Waals surface area contributed by atoms with Gasteiger partial charge in [0.2, 0.25) is 0 Å². The van der Waals surface area contributed by atoms with Gasteiger partial charge in [-0.15, -0.1) is 0 Å². The van der Waals surface area contributed by atoms with Gasteiger partial charge in [-0.25, -0.2) is 4.79 Å². The van der Waals surface area contributed by atoms with E-state index in [0.717, 1.165) is 12.5 Å². The topological polar surface area (TPSA) is 37.3 Å². The molecule has 124 valence electrons. The van der Waals surface area contributed by atoms with Gasteiger partial charge in [-0.3, -0.25) is 0 Å². The lowest BCUT2D eigenvalue weighted by atomic mass is 10.1. The molecule has 0 aliphatic heterocycles. The second-order valence-corrected chi connectivity index (χ2v) is 5.51. The number of allylic oxidation sites excluding steroid dienone is 7. The van der Waals surface area contributed by atoms with Gasteiger partial charge < -0.3 is 5.11 Å². The smallest absolute Gasteiger partial charge is 0.328 e. The maximum Gasteiger partial charge on any atom is 0.328 e. The summed E-state index contributed by atoms with van der Waals surface area (Å²) in [5.41, 5.74) is 0. The molecule has 0 atom stereocenters. The minimum absolute atomic E-state index is 0.922. The maximum atomic E-state index is 10.2. The van der Waals surface area contributed by atoms with E-state index in [1.165, 1.54) is 63.9 Å². The molecule has 0 amide bonds. The molecule has 0 aromatic rings. The number of hydrogen-bond acceptors (Lipinski definition) is 1. The van der Waals surface area contributed by atoms with Crippen LogP contribution in [-0.2, 0) is 4.79 Å². The molecule has 0 fully saturated rings. The largest absolute Gasteiger partial charge is 0.478 e. The van der Waals surface area contributed by atoms with Crippen molar-refractivity contribution in [3.63, 3.8) is 0 Å². The van der Waals surface area contributed by atoms with E-state index in [0.29, 0.717) is 0 Å². The summed E-state index contributed by atoms with van der Waals surface area (Å²) in [7, 11) is 0. The number of unbranched alkanes of at least 4 members (excludes halogenated alkanes) is 9. The van der Waals surface area contributed by atoms with Gasteiger partial charge in [0.05, 0.1) is 0 Å². The van der Waals surface area contributed by atoms with Gasteiger partial charge in [-0.05, 0) is 12.8 Å². The molecule has 0 aliphatic carbocycles.